The molecule has 5 heteroatoms. The van der Waals surface area contributed by atoms with Gasteiger partial charge in [-0.1, -0.05) is 64.7 Å². The van der Waals surface area contributed by atoms with Crippen molar-refractivity contribution in [2.75, 3.05) is 19.8 Å². The Morgan fingerprint density at radius 3 is 2.04 bits per heavy atom. The fourth-order valence-electron chi connectivity index (χ4n) is 3.03. The molecule has 0 aliphatic carbocycles. The van der Waals surface area contributed by atoms with E-state index < -0.39 is 24.4 Å². The third-order valence-corrected chi connectivity index (χ3v) is 4.57. The quantitative estimate of drug-likeness (QED) is 0.451. The van der Waals surface area contributed by atoms with E-state index in [9.17, 15) is 10.2 Å². The monoisotopic (exact) mass is 332 g/mol. The van der Waals surface area contributed by atoms with E-state index in [0.29, 0.717) is 6.61 Å². The van der Waals surface area contributed by atoms with Crippen molar-refractivity contribution < 1.29 is 24.8 Å². The zero-order chi connectivity index (χ0) is 16.9. The lowest BCUT2D eigenvalue weighted by molar-refractivity contribution is -0.210. The van der Waals surface area contributed by atoms with Gasteiger partial charge in [-0.3, -0.25) is 0 Å². The van der Waals surface area contributed by atoms with Crippen molar-refractivity contribution >= 4 is 0 Å². The number of aliphatic hydroxyl groups excluding tert-OH is 3. The van der Waals surface area contributed by atoms with Crippen LogP contribution in [0.15, 0.2) is 0 Å². The van der Waals surface area contributed by atoms with Gasteiger partial charge < -0.3 is 24.8 Å². The minimum absolute atomic E-state index is 0.102. The molecule has 1 aliphatic heterocycles. The molecule has 0 bridgehead atoms. The summed E-state index contributed by atoms with van der Waals surface area (Å²) in [5.74, 6) is 0. The number of rotatable bonds is 13. The van der Waals surface area contributed by atoms with E-state index in [2.05, 4.69) is 6.92 Å². The Balaban J connectivity index is 1.97. The Morgan fingerprint density at radius 1 is 0.913 bits per heavy atom. The molecule has 1 aliphatic rings. The molecule has 1 heterocycles. The predicted octanol–water partition coefficient (Wildman–Crippen LogP) is 2.41. The number of hydrogen-bond donors (Lipinski definition) is 3. The third-order valence-electron chi connectivity index (χ3n) is 4.57. The summed E-state index contributed by atoms with van der Waals surface area (Å²) < 4.78 is 10.8. The van der Waals surface area contributed by atoms with Crippen LogP contribution >= 0.6 is 0 Å². The van der Waals surface area contributed by atoms with E-state index in [4.69, 9.17) is 14.6 Å². The SMILES string of the molecule is CCCCCCCCCCCCO[C@H]1[C@H](O)[C@@H](CO)OC[C@@H]1O. The standard InChI is InChI=1S/C18H36O5/c1-2-3-4-5-6-7-8-9-10-11-12-22-18-15(20)14-23-16(13-19)17(18)21/h15-21H,2-14H2,1H3/t15-,16+,17+,18+/m0/s1. The van der Waals surface area contributed by atoms with Crippen LogP contribution in [0.1, 0.15) is 71.1 Å². The first-order chi connectivity index (χ1) is 11.2. The normalized spacial score (nSPS) is 28.2. The number of hydrogen-bond acceptors (Lipinski definition) is 5. The number of aliphatic hydroxyl groups is 3. The topological polar surface area (TPSA) is 79.2 Å². The van der Waals surface area contributed by atoms with Gasteiger partial charge >= 0.3 is 0 Å². The van der Waals surface area contributed by atoms with E-state index in [1.807, 2.05) is 0 Å². The van der Waals surface area contributed by atoms with Gasteiger partial charge in [0.1, 0.15) is 24.4 Å². The molecule has 0 aromatic heterocycles. The first-order valence-corrected chi connectivity index (χ1v) is 9.40. The van der Waals surface area contributed by atoms with E-state index in [-0.39, 0.29) is 13.2 Å². The van der Waals surface area contributed by atoms with Crippen molar-refractivity contribution in [3.05, 3.63) is 0 Å². The molecular weight excluding hydrogens is 296 g/mol. The van der Waals surface area contributed by atoms with Crippen molar-refractivity contribution in [2.45, 2.75) is 95.5 Å². The van der Waals surface area contributed by atoms with Crippen molar-refractivity contribution in [2.24, 2.45) is 0 Å². The summed E-state index contributed by atoms with van der Waals surface area (Å²) in [6, 6.07) is 0. The third kappa shape index (κ3) is 8.45. The van der Waals surface area contributed by atoms with Crippen LogP contribution in [0.4, 0.5) is 0 Å². The second-order valence-electron chi connectivity index (χ2n) is 6.63. The van der Waals surface area contributed by atoms with Crippen molar-refractivity contribution in [1.82, 2.24) is 0 Å². The maximum absolute atomic E-state index is 9.99. The van der Waals surface area contributed by atoms with Gasteiger partial charge in [-0.2, -0.15) is 0 Å². The summed E-state index contributed by atoms with van der Waals surface area (Å²) in [5, 5.41) is 28.9. The zero-order valence-electron chi connectivity index (χ0n) is 14.7. The highest BCUT2D eigenvalue weighted by molar-refractivity contribution is 4.87. The lowest BCUT2D eigenvalue weighted by atomic mass is 10.0. The van der Waals surface area contributed by atoms with Gasteiger partial charge in [0.15, 0.2) is 0 Å². The van der Waals surface area contributed by atoms with Crippen LogP contribution in [0.3, 0.4) is 0 Å². The Bertz CT molecular complexity index is 274. The van der Waals surface area contributed by atoms with Gasteiger partial charge in [0, 0.05) is 6.61 Å². The summed E-state index contributed by atoms with van der Waals surface area (Å²) >= 11 is 0. The molecule has 0 saturated carbocycles. The van der Waals surface area contributed by atoms with E-state index in [1.54, 1.807) is 0 Å². The molecule has 0 radical (unpaired) electrons. The van der Waals surface area contributed by atoms with E-state index in [1.165, 1.54) is 51.4 Å². The lowest BCUT2D eigenvalue weighted by Crippen LogP contribution is -2.55. The van der Waals surface area contributed by atoms with Crippen molar-refractivity contribution in [1.29, 1.82) is 0 Å². The number of ether oxygens (including phenoxy) is 2. The molecule has 0 spiro atoms. The molecular formula is C18H36O5. The van der Waals surface area contributed by atoms with Crippen molar-refractivity contribution in [3.8, 4) is 0 Å². The summed E-state index contributed by atoms with van der Waals surface area (Å²) in [7, 11) is 0. The maximum atomic E-state index is 9.99. The van der Waals surface area contributed by atoms with Crippen LogP contribution in [0, 0.1) is 0 Å². The summed E-state index contributed by atoms with van der Waals surface area (Å²) in [5.41, 5.74) is 0. The Kier molecular flexibility index (Phi) is 11.9. The van der Waals surface area contributed by atoms with Crippen LogP contribution in [0.2, 0.25) is 0 Å². The summed E-state index contributed by atoms with van der Waals surface area (Å²) in [6.07, 6.45) is 9.52. The molecule has 0 aromatic carbocycles. The molecule has 3 N–H and O–H groups in total. The first-order valence-electron chi connectivity index (χ1n) is 9.40. The Labute approximate surface area is 141 Å². The van der Waals surface area contributed by atoms with Crippen LogP contribution in [0.25, 0.3) is 0 Å². The lowest BCUT2D eigenvalue weighted by Gasteiger charge is -2.37. The van der Waals surface area contributed by atoms with Crippen molar-refractivity contribution in [3.63, 3.8) is 0 Å². The first kappa shape index (κ1) is 20.8. The molecule has 138 valence electrons. The summed E-state index contributed by atoms with van der Waals surface area (Å²) in [4.78, 5) is 0. The van der Waals surface area contributed by atoms with Gasteiger partial charge in [-0.15, -0.1) is 0 Å². The second kappa shape index (κ2) is 13.1. The fraction of sp³-hybridized carbons (Fsp3) is 1.00. The molecule has 5 nitrogen and oxygen atoms in total. The largest absolute Gasteiger partial charge is 0.394 e. The predicted molar refractivity (Wildman–Crippen MR) is 90.4 cm³/mol. The molecule has 1 fully saturated rings. The maximum Gasteiger partial charge on any atom is 0.114 e. The molecule has 1 saturated heterocycles. The smallest absolute Gasteiger partial charge is 0.114 e. The second-order valence-corrected chi connectivity index (χ2v) is 6.63. The van der Waals surface area contributed by atoms with Gasteiger partial charge in [-0.05, 0) is 6.42 Å². The molecule has 4 atom stereocenters. The molecule has 0 amide bonds. The highest BCUT2D eigenvalue weighted by atomic mass is 16.6. The minimum Gasteiger partial charge on any atom is -0.394 e. The van der Waals surface area contributed by atoms with E-state index in [0.717, 1.165) is 12.8 Å². The van der Waals surface area contributed by atoms with E-state index >= 15 is 0 Å². The fourth-order valence-corrected chi connectivity index (χ4v) is 3.03. The van der Waals surface area contributed by atoms with Gasteiger partial charge in [0.2, 0.25) is 0 Å². The van der Waals surface area contributed by atoms with Crippen LogP contribution < -0.4 is 0 Å². The van der Waals surface area contributed by atoms with Gasteiger partial charge in [-0.25, -0.2) is 0 Å². The average Bonchev–Trinajstić information content (AvgIpc) is 2.55. The van der Waals surface area contributed by atoms with Crippen LogP contribution in [-0.4, -0.2) is 59.6 Å². The zero-order valence-corrected chi connectivity index (χ0v) is 14.7. The van der Waals surface area contributed by atoms with Gasteiger partial charge in [0.05, 0.1) is 13.2 Å². The molecule has 0 unspecified atom stereocenters. The van der Waals surface area contributed by atoms with Crippen LogP contribution in [-0.2, 0) is 9.47 Å². The Hall–Kier alpha value is -0.200. The molecule has 23 heavy (non-hydrogen) atoms. The minimum atomic E-state index is -0.966. The molecule has 1 rings (SSSR count). The average molecular weight is 332 g/mol. The Morgan fingerprint density at radius 2 is 1.48 bits per heavy atom. The van der Waals surface area contributed by atoms with Gasteiger partial charge in [0.25, 0.3) is 0 Å². The highest BCUT2D eigenvalue weighted by Gasteiger charge is 2.38. The molecule has 0 aromatic rings. The number of unbranched alkanes of at least 4 members (excludes halogenated alkanes) is 9. The summed E-state index contributed by atoms with van der Waals surface area (Å²) in [6.45, 7) is 2.62. The highest BCUT2D eigenvalue weighted by Crippen LogP contribution is 2.19. The van der Waals surface area contributed by atoms with Crippen LogP contribution in [0.5, 0.6) is 0 Å².